The standard InChI is InChI=1S/C25H19Cl2NO4/c1-2-31-19-12-10-18(11-13-19)24(23(29)30)22(25(24,26)27)16-8-9-17(15-28)21(14-16)32-20-6-4-3-5-7-20/h3-14,22H,2H2,1H3,(H,29,30). The van der Waals surface area contributed by atoms with E-state index in [0.717, 1.165) is 0 Å². The molecule has 0 bridgehead atoms. The van der Waals surface area contributed by atoms with E-state index in [1.165, 1.54) is 0 Å². The Kier molecular flexibility index (Phi) is 5.77. The number of nitriles is 1. The summed E-state index contributed by atoms with van der Waals surface area (Å²) in [6, 6.07) is 22.7. The molecule has 1 N–H and O–H groups in total. The molecular weight excluding hydrogens is 449 g/mol. The summed E-state index contributed by atoms with van der Waals surface area (Å²) in [4.78, 5) is 12.5. The fraction of sp³-hybridized carbons (Fsp3) is 0.200. The molecule has 0 radical (unpaired) electrons. The molecule has 0 amide bonds. The van der Waals surface area contributed by atoms with E-state index in [1.807, 2.05) is 25.1 Å². The number of carboxylic acid groups (broad SMARTS) is 1. The molecule has 0 saturated heterocycles. The van der Waals surface area contributed by atoms with Crippen LogP contribution in [0.4, 0.5) is 0 Å². The van der Waals surface area contributed by atoms with Crippen LogP contribution in [0.2, 0.25) is 0 Å². The summed E-state index contributed by atoms with van der Waals surface area (Å²) < 4.78 is 9.75. The minimum atomic E-state index is -1.59. The summed E-state index contributed by atoms with van der Waals surface area (Å²) in [5.74, 6) is -0.402. The molecule has 0 heterocycles. The quantitative estimate of drug-likeness (QED) is 0.428. The SMILES string of the molecule is CCOc1ccc(C2(C(=O)O)C(c3ccc(C#N)c(Oc4ccccc4)c3)C2(Cl)Cl)cc1. The van der Waals surface area contributed by atoms with Crippen LogP contribution < -0.4 is 9.47 Å². The van der Waals surface area contributed by atoms with E-state index in [-0.39, 0.29) is 0 Å². The van der Waals surface area contributed by atoms with Crippen LogP contribution in [0.15, 0.2) is 72.8 Å². The van der Waals surface area contributed by atoms with Crippen LogP contribution in [-0.4, -0.2) is 22.0 Å². The molecule has 4 rings (SSSR count). The average molecular weight is 468 g/mol. The second-order valence-corrected chi connectivity index (χ2v) is 8.79. The number of hydrogen-bond donors (Lipinski definition) is 1. The first-order valence-electron chi connectivity index (χ1n) is 9.97. The van der Waals surface area contributed by atoms with Gasteiger partial charge in [-0.25, -0.2) is 0 Å². The number of rotatable bonds is 7. The fourth-order valence-corrected chi connectivity index (χ4v) is 5.17. The van der Waals surface area contributed by atoms with Crippen LogP contribution in [0.3, 0.4) is 0 Å². The first-order valence-corrected chi connectivity index (χ1v) is 10.7. The number of alkyl halides is 2. The van der Waals surface area contributed by atoms with Crippen molar-refractivity contribution in [1.82, 2.24) is 0 Å². The zero-order chi connectivity index (χ0) is 22.9. The fourth-order valence-electron chi connectivity index (χ4n) is 4.10. The Morgan fingerprint density at radius 1 is 1.06 bits per heavy atom. The van der Waals surface area contributed by atoms with Crippen LogP contribution in [0.25, 0.3) is 0 Å². The van der Waals surface area contributed by atoms with E-state index < -0.39 is 21.6 Å². The number of carboxylic acids is 1. The molecule has 1 fully saturated rings. The van der Waals surface area contributed by atoms with Gasteiger partial charge in [-0.15, -0.1) is 0 Å². The van der Waals surface area contributed by atoms with Crippen molar-refractivity contribution in [1.29, 1.82) is 5.26 Å². The third-order valence-corrected chi connectivity index (χ3v) is 6.66. The minimum Gasteiger partial charge on any atom is -0.494 e. The normalized spacial score (nSPS) is 20.8. The van der Waals surface area contributed by atoms with Gasteiger partial charge in [-0.1, -0.05) is 59.6 Å². The topological polar surface area (TPSA) is 79.5 Å². The molecule has 32 heavy (non-hydrogen) atoms. The van der Waals surface area contributed by atoms with Gasteiger partial charge in [0, 0.05) is 5.92 Å². The molecule has 0 spiro atoms. The van der Waals surface area contributed by atoms with Gasteiger partial charge in [0.05, 0.1) is 12.2 Å². The van der Waals surface area contributed by atoms with Crippen molar-refractivity contribution in [2.75, 3.05) is 6.61 Å². The van der Waals surface area contributed by atoms with Gasteiger partial charge in [0.15, 0.2) is 0 Å². The highest BCUT2D eigenvalue weighted by molar-refractivity contribution is 6.55. The molecule has 0 aliphatic heterocycles. The first-order chi connectivity index (χ1) is 15.4. The summed E-state index contributed by atoms with van der Waals surface area (Å²) >= 11 is 13.3. The maximum atomic E-state index is 12.5. The number of benzene rings is 3. The molecule has 1 saturated carbocycles. The molecule has 2 unspecified atom stereocenters. The number of para-hydroxylation sites is 1. The Bertz CT molecular complexity index is 1190. The average Bonchev–Trinajstić information content (AvgIpc) is 3.32. The van der Waals surface area contributed by atoms with E-state index >= 15 is 0 Å². The maximum absolute atomic E-state index is 12.5. The van der Waals surface area contributed by atoms with E-state index in [2.05, 4.69) is 6.07 Å². The van der Waals surface area contributed by atoms with Crippen LogP contribution in [0, 0.1) is 11.3 Å². The zero-order valence-corrected chi connectivity index (χ0v) is 18.6. The van der Waals surface area contributed by atoms with Crippen molar-refractivity contribution >= 4 is 29.2 Å². The first kappa shape index (κ1) is 22.0. The summed E-state index contributed by atoms with van der Waals surface area (Å²) in [7, 11) is 0. The van der Waals surface area contributed by atoms with Gasteiger partial charge < -0.3 is 14.6 Å². The van der Waals surface area contributed by atoms with Gasteiger partial charge in [0.25, 0.3) is 0 Å². The van der Waals surface area contributed by atoms with Crippen LogP contribution in [0.1, 0.15) is 29.5 Å². The molecule has 1 aliphatic carbocycles. The number of carbonyl (C=O) groups is 1. The highest BCUT2D eigenvalue weighted by atomic mass is 35.5. The van der Waals surface area contributed by atoms with Crippen LogP contribution >= 0.6 is 23.2 Å². The third-order valence-electron chi connectivity index (χ3n) is 5.63. The van der Waals surface area contributed by atoms with Crippen molar-refractivity contribution < 1.29 is 19.4 Å². The molecule has 3 aromatic rings. The molecule has 162 valence electrons. The molecule has 1 aliphatic rings. The van der Waals surface area contributed by atoms with E-state index in [1.54, 1.807) is 54.6 Å². The second kappa shape index (κ2) is 8.38. The summed E-state index contributed by atoms with van der Waals surface area (Å²) in [5, 5.41) is 19.7. The monoisotopic (exact) mass is 467 g/mol. The van der Waals surface area contributed by atoms with Crippen LogP contribution in [0.5, 0.6) is 17.2 Å². The van der Waals surface area contributed by atoms with Crippen molar-refractivity contribution in [2.24, 2.45) is 0 Å². The summed E-state index contributed by atoms with van der Waals surface area (Å²) in [6.45, 7) is 2.36. The van der Waals surface area contributed by atoms with Crippen molar-refractivity contribution in [3.63, 3.8) is 0 Å². The van der Waals surface area contributed by atoms with Crippen molar-refractivity contribution in [3.05, 3.63) is 89.5 Å². The smallest absolute Gasteiger partial charge is 0.318 e. The second-order valence-electron chi connectivity index (χ2n) is 7.41. The number of hydrogen-bond acceptors (Lipinski definition) is 4. The third kappa shape index (κ3) is 3.46. The predicted molar refractivity (Wildman–Crippen MR) is 122 cm³/mol. The molecular formula is C25H19Cl2NO4. The number of halogens is 2. The Hall–Kier alpha value is -3.20. The Morgan fingerprint density at radius 3 is 2.34 bits per heavy atom. The zero-order valence-electron chi connectivity index (χ0n) is 17.1. The predicted octanol–water partition coefficient (Wildman–Crippen LogP) is 6.04. The minimum absolute atomic E-state index is 0.304. The van der Waals surface area contributed by atoms with E-state index in [9.17, 15) is 15.2 Å². The van der Waals surface area contributed by atoms with E-state index in [4.69, 9.17) is 32.7 Å². The lowest BCUT2D eigenvalue weighted by Crippen LogP contribution is -2.26. The largest absolute Gasteiger partial charge is 0.494 e. The lowest BCUT2D eigenvalue weighted by atomic mass is 9.90. The maximum Gasteiger partial charge on any atom is 0.318 e. The Balaban J connectivity index is 1.76. The van der Waals surface area contributed by atoms with Crippen molar-refractivity contribution in [3.8, 4) is 23.3 Å². The van der Waals surface area contributed by atoms with Gasteiger partial charge in [0.1, 0.15) is 33.1 Å². The van der Waals surface area contributed by atoms with Gasteiger partial charge in [-0.2, -0.15) is 5.26 Å². The van der Waals surface area contributed by atoms with Gasteiger partial charge in [0.2, 0.25) is 0 Å². The lowest BCUT2D eigenvalue weighted by Gasteiger charge is -2.15. The Labute approximate surface area is 195 Å². The van der Waals surface area contributed by atoms with Crippen LogP contribution in [-0.2, 0) is 10.2 Å². The molecule has 0 aromatic heterocycles. The van der Waals surface area contributed by atoms with E-state index in [0.29, 0.717) is 40.5 Å². The number of ether oxygens (including phenoxy) is 2. The summed E-state index contributed by atoms with van der Waals surface area (Å²) in [5.41, 5.74) is -0.205. The van der Waals surface area contributed by atoms with Gasteiger partial charge in [-0.05, 0) is 54.4 Å². The number of nitrogens with zero attached hydrogens (tertiary/aromatic N) is 1. The molecule has 3 aromatic carbocycles. The molecule has 5 nitrogen and oxygen atoms in total. The molecule has 7 heteroatoms. The highest BCUT2D eigenvalue weighted by Crippen LogP contribution is 2.74. The highest BCUT2D eigenvalue weighted by Gasteiger charge is 2.82. The Morgan fingerprint density at radius 2 is 1.75 bits per heavy atom. The summed E-state index contributed by atoms with van der Waals surface area (Å²) in [6.07, 6.45) is 0. The number of aliphatic carboxylic acids is 1. The lowest BCUT2D eigenvalue weighted by molar-refractivity contribution is -0.140. The van der Waals surface area contributed by atoms with Gasteiger partial charge >= 0.3 is 5.97 Å². The van der Waals surface area contributed by atoms with Crippen molar-refractivity contribution in [2.45, 2.75) is 22.6 Å². The van der Waals surface area contributed by atoms with Gasteiger partial charge in [-0.3, -0.25) is 4.79 Å². The molecule has 2 atom stereocenters.